The number of hydrogen-bond donors (Lipinski definition) is 1. The molecule has 1 amide bonds. The summed E-state index contributed by atoms with van der Waals surface area (Å²) >= 11 is 0. The first-order valence-electron chi connectivity index (χ1n) is 7.68. The molecule has 2 aromatic rings. The first-order valence-corrected chi connectivity index (χ1v) is 7.68. The van der Waals surface area contributed by atoms with Crippen molar-refractivity contribution in [3.8, 4) is 0 Å². The number of esters is 1. The lowest BCUT2D eigenvalue weighted by molar-refractivity contribution is -0.385. The molecular formula is C18H18N2O5. The van der Waals surface area contributed by atoms with E-state index in [4.69, 9.17) is 4.74 Å². The smallest absolute Gasteiger partial charge is 0.338 e. The Kier molecular flexibility index (Phi) is 5.49. The van der Waals surface area contributed by atoms with E-state index in [1.165, 1.54) is 25.1 Å². The highest BCUT2D eigenvalue weighted by molar-refractivity contribution is 6.07. The number of nitrogens with one attached hydrogen (secondary N) is 1. The van der Waals surface area contributed by atoms with Crippen LogP contribution in [-0.2, 0) is 4.74 Å². The second-order valence-electron chi connectivity index (χ2n) is 5.36. The quantitative estimate of drug-likeness (QED) is 0.508. The van der Waals surface area contributed by atoms with Gasteiger partial charge in [0.05, 0.1) is 17.1 Å². The molecule has 0 spiro atoms. The highest BCUT2D eigenvalue weighted by atomic mass is 16.6. The predicted molar refractivity (Wildman–Crippen MR) is 92.9 cm³/mol. The summed E-state index contributed by atoms with van der Waals surface area (Å²) < 4.78 is 4.99. The first kappa shape index (κ1) is 18.1. The third kappa shape index (κ3) is 3.82. The Hall–Kier alpha value is -3.22. The predicted octanol–water partition coefficient (Wildman–Crippen LogP) is 3.64. The van der Waals surface area contributed by atoms with Gasteiger partial charge in [-0.2, -0.15) is 0 Å². The number of benzene rings is 2. The van der Waals surface area contributed by atoms with Crippen LogP contribution in [0.15, 0.2) is 36.4 Å². The summed E-state index contributed by atoms with van der Waals surface area (Å²) in [6.07, 6.45) is 0. The highest BCUT2D eigenvalue weighted by Crippen LogP contribution is 2.24. The maximum Gasteiger partial charge on any atom is 0.338 e. The molecule has 130 valence electrons. The van der Waals surface area contributed by atoms with Gasteiger partial charge in [0.2, 0.25) is 0 Å². The standard InChI is InChI=1S/C18H18N2O5/c1-4-25-18(22)14-8-5-9-15(11(14)2)19-17(21)13-7-6-10-16(12(13)3)20(23)24/h5-10H,4H2,1-3H3,(H,19,21). The van der Waals surface area contributed by atoms with Crippen LogP contribution in [0, 0.1) is 24.0 Å². The van der Waals surface area contributed by atoms with Crippen molar-refractivity contribution in [1.29, 1.82) is 0 Å². The SMILES string of the molecule is CCOC(=O)c1cccc(NC(=O)c2cccc([N+](=O)[O-])c2C)c1C. The summed E-state index contributed by atoms with van der Waals surface area (Å²) in [5.41, 5.74) is 1.73. The summed E-state index contributed by atoms with van der Waals surface area (Å²) in [5.74, 6) is -0.951. The number of hydrogen-bond acceptors (Lipinski definition) is 5. The summed E-state index contributed by atoms with van der Waals surface area (Å²) in [7, 11) is 0. The van der Waals surface area contributed by atoms with E-state index in [9.17, 15) is 19.7 Å². The summed E-state index contributed by atoms with van der Waals surface area (Å²) in [6.45, 7) is 5.18. The van der Waals surface area contributed by atoms with Crippen molar-refractivity contribution < 1.29 is 19.2 Å². The number of ether oxygens (including phenoxy) is 1. The molecule has 7 nitrogen and oxygen atoms in total. The van der Waals surface area contributed by atoms with Gasteiger partial charge in [0.25, 0.3) is 11.6 Å². The minimum atomic E-state index is -0.529. The lowest BCUT2D eigenvalue weighted by Gasteiger charge is -2.13. The van der Waals surface area contributed by atoms with Gasteiger partial charge in [-0.05, 0) is 44.5 Å². The second-order valence-corrected chi connectivity index (χ2v) is 5.36. The molecule has 0 saturated carbocycles. The zero-order chi connectivity index (χ0) is 18.6. The summed E-state index contributed by atoms with van der Waals surface area (Å²) in [5, 5.41) is 13.7. The lowest BCUT2D eigenvalue weighted by atomic mass is 10.0. The van der Waals surface area contributed by atoms with Crippen molar-refractivity contribution in [2.24, 2.45) is 0 Å². The van der Waals surface area contributed by atoms with Gasteiger partial charge >= 0.3 is 5.97 Å². The number of rotatable bonds is 5. The molecule has 2 aromatic carbocycles. The summed E-state index contributed by atoms with van der Waals surface area (Å²) in [4.78, 5) is 34.9. The molecule has 0 radical (unpaired) electrons. The molecule has 0 aliphatic heterocycles. The molecule has 0 heterocycles. The Morgan fingerprint density at radius 1 is 1.08 bits per heavy atom. The number of carbonyl (C=O) groups excluding carboxylic acids is 2. The van der Waals surface area contributed by atoms with Gasteiger partial charge in [0.15, 0.2) is 0 Å². The third-order valence-corrected chi connectivity index (χ3v) is 3.82. The van der Waals surface area contributed by atoms with Gasteiger partial charge in [-0.3, -0.25) is 14.9 Å². The van der Waals surface area contributed by atoms with Crippen LogP contribution in [0.5, 0.6) is 0 Å². The van der Waals surface area contributed by atoms with Gasteiger partial charge < -0.3 is 10.1 Å². The Labute approximate surface area is 144 Å². The van der Waals surface area contributed by atoms with E-state index in [0.29, 0.717) is 16.8 Å². The Bertz CT molecular complexity index is 845. The Morgan fingerprint density at radius 3 is 2.36 bits per heavy atom. The van der Waals surface area contributed by atoms with Crippen LogP contribution in [0.25, 0.3) is 0 Å². The van der Waals surface area contributed by atoms with Gasteiger partial charge in [-0.15, -0.1) is 0 Å². The molecule has 2 rings (SSSR count). The molecule has 0 aromatic heterocycles. The number of nitro groups is 1. The maximum absolute atomic E-state index is 12.5. The van der Waals surface area contributed by atoms with E-state index < -0.39 is 16.8 Å². The van der Waals surface area contributed by atoms with Crippen LogP contribution in [0.1, 0.15) is 38.8 Å². The van der Waals surface area contributed by atoms with Crippen LogP contribution in [0.4, 0.5) is 11.4 Å². The molecule has 25 heavy (non-hydrogen) atoms. The molecule has 0 unspecified atom stereocenters. The van der Waals surface area contributed by atoms with Crippen LogP contribution >= 0.6 is 0 Å². The lowest BCUT2D eigenvalue weighted by Crippen LogP contribution is -2.16. The van der Waals surface area contributed by atoms with Crippen molar-refractivity contribution in [3.05, 3.63) is 68.8 Å². The average molecular weight is 342 g/mol. The number of anilines is 1. The van der Waals surface area contributed by atoms with E-state index in [1.807, 2.05) is 0 Å². The molecule has 0 bridgehead atoms. The molecule has 0 aliphatic rings. The van der Waals surface area contributed by atoms with Gasteiger partial charge in [0, 0.05) is 22.9 Å². The van der Waals surface area contributed by atoms with Gasteiger partial charge in [0.1, 0.15) is 0 Å². The second kappa shape index (κ2) is 7.57. The van der Waals surface area contributed by atoms with Crippen LogP contribution < -0.4 is 5.32 Å². The van der Waals surface area contributed by atoms with E-state index >= 15 is 0 Å². The molecule has 1 N–H and O–H groups in total. The van der Waals surface area contributed by atoms with Crippen LogP contribution in [0.2, 0.25) is 0 Å². The normalized spacial score (nSPS) is 10.2. The largest absolute Gasteiger partial charge is 0.462 e. The van der Waals surface area contributed by atoms with Crippen molar-refractivity contribution in [2.45, 2.75) is 20.8 Å². The average Bonchev–Trinajstić information content (AvgIpc) is 2.56. The molecular weight excluding hydrogens is 324 g/mol. The number of nitro benzene ring substituents is 1. The summed E-state index contributed by atoms with van der Waals surface area (Å²) in [6, 6.07) is 9.22. The van der Waals surface area contributed by atoms with Crippen molar-refractivity contribution in [1.82, 2.24) is 0 Å². The number of nitrogens with zero attached hydrogens (tertiary/aromatic N) is 1. The van der Waals surface area contributed by atoms with Gasteiger partial charge in [-0.25, -0.2) is 4.79 Å². The maximum atomic E-state index is 12.5. The fraction of sp³-hybridized carbons (Fsp3) is 0.222. The zero-order valence-corrected chi connectivity index (χ0v) is 14.2. The van der Waals surface area contributed by atoms with Gasteiger partial charge in [-0.1, -0.05) is 12.1 Å². The van der Waals surface area contributed by atoms with Crippen LogP contribution in [-0.4, -0.2) is 23.4 Å². The molecule has 7 heteroatoms. The number of amides is 1. The minimum absolute atomic E-state index is 0.121. The molecule has 0 fully saturated rings. The van der Waals surface area contributed by atoms with Crippen molar-refractivity contribution >= 4 is 23.3 Å². The fourth-order valence-electron chi connectivity index (χ4n) is 2.46. The van der Waals surface area contributed by atoms with E-state index in [-0.39, 0.29) is 23.4 Å². The molecule has 0 aliphatic carbocycles. The fourth-order valence-corrected chi connectivity index (χ4v) is 2.46. The highest BCUT2D eigenvalue weighted by Gasteiger charge is 2.19. The van der Waals surface area contributed by atoms with E-state index in [2.05, 4.69) is 5.32 Å². The Balaban J connectivity index is 2.33. The van der Waals surface area contributed by atoms with Crippen molar-refractivity contribution in [2.75, 3.05) is 11.9 Å². The van der Waals surface area contributed by atoms with E-state index in [1.54, 1.807) is 32.0 Å². The number of carbonyl (C=O) groups is 2. The zero-order valence-electron chi connectivity index (χ0n) is 14.2. The monoisotopic (exact) mass is 342 g/mol. The van der Waals surface area contributed by atoms with E-state index in [0.717, 1.165) is 0 Å². The first-order chi connectivity index (χ1) is 11.9. The third-order valence-electron chi connectivity index (χ3n) is 3.82. The molecule has 0 atom stereocenters. The Morgan fingerprint density at radius 2 is 1.72 bits per heavy atom. The minimum Gasteiger partial charge on any atom is -0.462 e. The van der Waals surface area contributed by atoms with Crippen LogP contribution in [0.3, 0.4) is 0 Å². The topological polar surface area (TPSA) is 98.5 Å². The van der Waals surface area contributed by atoms with Crippen molar-refractivity contribution in [3.63, 3.8) is 0 Å². The molecule has 0 saturated heterocycles.